The maximum absolute atomic E-state index is 11.5. The van der Waals surface area contributed by atoms with Gasteiger partial charge in [-0.2, -0.15) is 8.75 Å². The van der Waals surface area contributed by atoms with E-state index < -0.39 is 0 Å². The van der Waals surface area contributed by atoms with E-state index in [1.54, 1.807) is 11.1 Å². The van der Waals surface area contributed by atoms with E-state index in [2.05, 4.69) is 14.1 Å². The largest absolute Gasteiger partial charge is 0.324 e. The van der Waals surface area contributed by atoms with E-state index in [9.17, 15) is 4.79 Å². The molecule has 1 aromatic rings. The molecule has 0 atom stereocenters. The zero-order chi connectivity index (χ0) is 9.10. The second kappa shape index (κ2) is 3.69. The third-order valence-corrected chi connectivity index (χ3v) is 2.47. The normalized spacial score (nSPS) is 16.2. The Morgan fingerprint density at radius 1 is 1.54 bits per heavy atom. The number of carbonyl (C=O) groups excluding carboxylic acids is 1. The fourth-order valence-electron chi connectivity index (χ4n) is 1.33. The van der Waals surface area contributed by atoms with Gasteiger partial charge in [0.25, 0.3) is 0 Å². The summed E-state index contributed by atoms with van der Waals surface area (Å²) in [7, 11) is 0. The van der Waals surface area contributed by atoms with Crippen LogP contribution in [-0.4, -0.2) is 32.8 Å². The van der Waals surface area contributed by atoms with Gasteiger partial charge in [-0.25, -0.2) is 4.79 Å². The Labute approximate surface area is 80.1 Å². The molecule has 0 unspecified atom stereocenters. The van der Waals surface area contributed by atoms with Crippen LogP contribution in [0, 0.1) is 0 Å². The Kier molecular flexibility index (Phi) is 2.40. The Morgan fingerprint density at radius 2 is 2.31 bits per heavy atom. The first-order valence-corrected chi connectivity index (χ1v) is 4.93. The molecule has 1 N–H and O–H groups in total. The molecule has 0 spiro atoms. The van der Waals surface area contributed by atoms with Crippen LogP contribution >= 0.6 is 11.7 Å². The average Bonchev–Trinajstić information content (AvgIpc) is 2.74. The number of urea groups is 1. The smallest absolute Gasteiger partial charge is 0.323 e. The van der Waals surface area contributed by atoms with Crippen molar-refractivity contribution in [2.45, 2.75) is 12.8 Å². The van der Waals surface area contributed by atoms with Gasteiger partial charge in [-0.1, -0.05) is 0 Å². The maximum atomic E-state index is 11.5. The lowest BCUT2D eigenvalue weighted by molar-refractivity contribution is 0.222. The summed E-state index contributed by atoms with van der Waals surface area (Å²) in [6, 6.07) is -0.0646. The molecule has 1 aliphatic heterocycles. The van der Waals surface area contributed by atoms with Gasteiger partial charge in [-0.15, -0.1) is 0 Å². The van der Waals surface area contributed by atoms with Gasteiger partial charge < -0.3 is 4.90 Å². The summed E-state index contributed by atoms with van der Waals surface area (Å²) in [5.41, 5.74) is 0. The predicted molar refractivity (Wildman–Crippen MR) is 49.7 cm³/mol. The number of amides is 2. The molecule has 0 aromatic carbocycles. The minimum atomic E-state index is -0.0646. The van der Waals surface area contributed by atoms with Crippen LogP contribution in [0.3, 0.4) is 0 Å². The third-order valence-electron chi connectivity index (χ3n) is 1.99. The number of carbonyl (C=O) groups is 1. The first-order chi connectivity index (χ1) is 6.36. The Morgan fingerprint density at radius 3 is 2.92 bits per heavy atom. The third kappa shape index (κ3) is 1.95. The van der Waals surface area contributed by atoms with Crippen LogP contribution in [0.4, 0.5) is 10.6 Å². The van der Waals surface area contributed by atoms with E-state index in [4.69, 9.17) is 0 Å². The van der Waals surface area contributed by atoms with Gasteiger partial charge >= 0.3 is 6.03 Å². The molecular weight excluding hydrogens is 188 g/mol. The molecule has 1 aliphatic rings. The van der Waals surface area contributed by atoms with Crippen LogP contribution < -0.4 is 5.32 Å². The quantitative estimate of drug-likeness (QED) is 0.736. The highest BCUT2D eigenvalue weighted by molar-refractivity contribution is 6.99. The average molecular weight is 198 g/mol. The summed E-state index contributed by atoms with van der Waals surface area (Å²) in [5, 5.41) is 2.69. The van der Waals surface area contributed by atoms with Crippen LogP contribution in [-0.2, 0) is 0 Å². The van der Waals surface area contributed by atoms with Crippen molar-refractivity contribution in [1.29, 1.82) is 0 Å². The lowest BCUT2D eigenvalue weighted by atomic mass is 10.4. The summed E-state index contributed by atoms with van der Waals surface area (Å²) in [4.78, 5) is 13.3. The topological polar surface area (TPSA) is 58.1 Å². The molecule has 2 rings (SSSR count). The first-order valence-electron chi connectivity index (χ1n) is 4.20. The van der Waals surface area contributed by atoms with Crippen LogP contribution in [0.15, 0.2) is 6.20 Å². The Hall–Kier alpha value is -1.17. The highest BCUT2D eigenvalue weighted by Gasteiger charge is 2.18. The molecular formula is C7H10N4OS. The van der Waals surface area contributed by atoms with Crippen LogP contribution in [0.1, 0.15) is 12.8 Å². The molecule has 2 amide bonds. The van der Waals surface area contributed by atoms with Crippen molar-refractivity contribution in [2.75, 3.05) is 18.4 Å². The van der Waals surface area contributed by atoms with E-state index in [1.807, 2.05) is 0 Å². The van der Waals surface area contributed by atoms with E-state index >= 15 is 0 Å². The van der Waals surface area contributed by atoms with Gasteiger partial charge in [0.15, 0.2) is 5.82 Å². The van der Waals surface area contributed by atoms with E-state index in [0.717, 1.165) is 37.7 Å². The summed E-state index contributed by atoms with van der Waals surface area (Å²) in [6.07, 6.45) is 3.75. The SMILES string of the molecule is O=C(Nc1cnsn1)N1CCCC1. The molecule has 1 saturated heterocycles. The van der Waals surface area contributed by atoms with Crippen molar-refractivity contribution in [3.8, 4) is 0 Å². The van der Waals surface area contributed by atoms with Gasteiger partial charge in [0.05, 0.1) is 17.9 Å². The van der Waals surface area contributed by atoms with Gasteiger partial charge in [-0.05, 0) is 12.8 Å². The highest BCUT2D eigenvalue weighted by Crippen LogP contribution is 2.10. The Balaban J connectivity index is 1.91. The summed E-state index contributed by atoms with van der Waals surface area (Å²) < 4.78 is 7.70. The standard InChI is InChI=1S/C7H10N4OS/c12-7(11-3-1-2-4-11)9-6-5-8-13-10-6/h5H,1-4H2,(H,9,10,12). The van der Waals surface area contributed by atoms with E-state index in [-0.39, 0.29) is 6.03 Å². The minimum absolute atomic E-state index is 0.0646. The van der Waals surface area contributed by atoms with Crippen LogP contribution in [0.25, 0.3) is 0 Å². The number of nitrogens with zero attached hydrogens (tertiary/aromatic N) is 3. The van der Waals surface area contributed by atoms with Crippen LogP contribution in [0.5, 0.6) is 0 Å². The molecule has 0 aliphatic carbocycles. The molecule has 13 heavy (non-hydrogen) atoms. The molecule has 0 radical (unpaired) electrons. The summed E-state index contributed by atoms with van der Waals surface area (Å²) in [5.74, 6) is 0.543. The minimum Gasteiger partial charge on any atom is -0.324 e. The zero-order valence-electron chi connectivity index (χ0n) is 7.06. The van der Waals surface area contributed by atoms with Crippen molar-refractivity contribution in [2.24, 2.45) is 0 Å². The van der Waals surface area contributed by atoms with Crippen molar-refractivity contribution < 1.29 is 4.79 Å². The molecule has 0 saturated carbocycles. The molecule has 2 heterocycles. The van der Waals surface area contributed by atoms with Crippen molar-refractivity contribution >= 4 is 23.6 Å². The fourth-order valence-corrected chi connectivity index (χ4v) is 1.70. The number of rotatable bonds is 1. The lowest BCUT2D eigenvalue weighted by Crippen LogP contribution is -2.32. The molecule has 5 nitrogen and oxygen atoms in total. The first kappa shape index (κ1) is 8.43. The monoisotopic (exact) mass is 198 g/mol. The molecule has 70 valence electrons. The fraction of sp³-hybridized carbons (Fsp3) is 0.571. The summed E-state index contributed by atoms with van der Waals surface area (Å²) in [6.45, 7) is 1.70. The van der Waals surface area contributed by atoms with Crippen molar-refractivity contribution in [1.82, 2.24) is 13.6 Å². The van der Waals surface area contributed by atoms with Crippen molar-refractivity contribution in [3.05, 3.63) is 6.20 Å². The van der Waals surface area contributed by atoms with Gasteiger partial charge in [0.1, 0.15) is 0 Å². The number of anilines is 1. The number of aromatic nitrogens is 2. The molecule has 6 heteroatoms. The lowest BCUT2D eigenvalue weighted by Gasteiger charge is -2.14. The van der Waals surface area contributed by atoms with Crippen LogP contribution in [0.2, 0.25) is 0 Å². The molecule has 0 bridgehead atoms. The van der Waals surface area contributed by atoms with Gasteiger partial charge in [0.2, 0.25) is 0 Å². The highest BCUT2D eigenvalue weighted by atomic mass is 32.1. The number of hydrogen-bond donors (Lipinski definition) is 1. The number of nitrogens with one attached hydrogen (secondary N) is 1. The van der Waals surface area contributed by atoms with E-state index in [1.165, 1.54) is 0 Å². The number of likely N-dealkylation sites (tertiary alicyclic amines) is 1. The maximum Gasteiger partial charge on any atom is 0.323 e. The molecule has 1 aromatic heterocycles. The van der Waals surface area contributed by atoms with Gasteiger partial charge in [-0.3, -0.25) is 5.32 Å². The number of hydrogen-bond acceptors (Lipinski definition) is 4. The Bertz CT molecular complexity index is 281. The van der Waals surface area contributed by atoms with Crippen molar-refractivity contribution in [3.63, 3.8) is 0 Å². The van der Waals surface area contributed by atoms with E-state index in [0.29, 0.717) is 5.82 Å². The van der Waals surface area contributed by atoms with Gasteiger partial charge in [0, 0.05) is 13.1 Å². The predicted octanol–water partition coefficient (Wildman–Crippen LogP) is 1.17. The molecule has 1 fully saturated rings. The second-order valence-corrected chi connectivity index (χ2v) is 3.47. The second-order valence-electron chi connectivity index (χ2n) is 2.92. The summed E-state index contributed by atoms with van der Waals surface area (Å²) >= 11 is 1.09. The zero-order valence-corrected chi connectivity index (χ0v) is 7.88.